The van der Waals surface area contributed by atoms with Gasteiger partial charge in [0.1, 0.15) is 30.2 Å². The van der Waals surface area contributed by atoms with Gasteiger partial charge in [-0.05, 0) is 6.07 Å². The number of nitrogens with zero attached hydrogens (tertiary/aromatic N) is 2. The summed E-state index contributed by atoms with van der Waals surface area (Å²) in [6.45, 7) is -0.604. The van der Waals surface area contributed by atoms with Crippen LogP contribution in [0.1, 0.15) is 19.1 Å². The molecular formula is C17H23N5O11. The quantitative estimate of drug-likeness (QED) is 0.160. The fraction of sp³-hybridized carbons (Fsp3) is 0.529. The fourth-order valence-electron chi connectivity index (χ4n) is 2.92. The largest absolute Gasteiger partial charge is 0.481 e. The zero-order valence-corrected chi connectivity index (χ0v) is 16.9. The van der Waals surface area contributed by atoms with Crippen molar-refractivity contribution in [2.24, 2.45) is 5.73 Å². The van der Waals surface area contributed by atoms with E-state index in [1.165, 1.54) is 0 Å². The first kappa shape index (κ1) is 25.8. The maximum atomic E-state index is 12.2. The molecule has 1 saturated heterocycles. The minimum absolute atomic E-state index is 0.286. The van der Waals surface area contributed by atoms with Gasteiger partial charge < -0.3 is 46.6 Å². The molecule has 1 aliphatic heterocycles. The van der Waals surface area contributed by atoms with Crippen molar-refractivity contribution in [3.05, 3.63) is 22.7 Å². The second-order valence-electron chi connectivity index (χ2n) is 7.09. The lowest BCUT2D eigenvalue weighted by atomic mass is 10.1. The first-order valence-electron chi connectivity index (χ1n) is 9.46. The molecule has 2 heterocycles. The predicted octanol–water partition coefficient (Wildman–Crippen LogP) is -4.45. The number of aliphatic hydroxyl groups is 3. The Balaban J connectivity index is 2.03. The molecule has 16 heteroatoms. The highest BCUT2D eigenvalue weighted by Crippen LogP contribution is 2.28. The first-order chi connectivity index (χ1) is 15.4. The summed E-state index contributed by atoms with van der Waals surface area (Å²) in [5.74, 6) is -5.29. The van der Waals surface area contributed by atoms with E-state index < -0.39 is 85.5 Å². The van der Waals surface area contributed by atoms with Crippen molar-refractivity contribution >= 4 is 29.6 Å². The smallest absolute Gasteiger partial charge is 0.351 e. The Morgan fingerprint density at radius 1 is 1.18 bits per heavy atom. The molecule has 0 aromatic carbocycles. The van der Waals surface area contributed by atoms with Crippen LogP contribution in [0.4, 0.5) is 5.82 Å². The van der Waals surface area contributed by atoms with Crippen LogP contribution in [0.3, 0.4) is 0 Å². The highest BCUT2D eigenvalue weighted by molar-refractivity contribution is 5.95. The third-order valence-electron chi connectivity index (χ3n) is 4.62. The molecule has 16 nitrogen and oxygen atoms in total. The lowest BCUT2D eigenvalue weighted by Gasteiger charge is -2.18. The monoisotopic (exact) mass is 473 g/mol. The summed E-state index contributed by atoms with van der Waals surface area (Å²) in [6.07, 6.45) is -5.90. The van der Waals surface area contributed by atoms with Crippen LogP contribution in [0, 0.1) is 0 Å². The van der Waals surface area contributed by atoms with Crippen LogP contribution in [0.15, 0.2) is 17.1 Å². The van der Waals surface area contributed by atoms with E-state index in [-0.39, 0.29) is 5.82 Å². The molecule has 1 aromatic heterocycles. The molecule has 9 N–H and O–H groups in total. The molecule has 1 aromatic rings. The molecule has 0 saturated carbocycles. The van der Waals surface area contributed by atoms with Gasteiger partial charge in [0, 0.05) is 6.20 Å². The van der Waals surface area contributed by atoms with Gasteiger partial charge in [-0.2, -0.15) is 4.98 Å². The highest BCUT2D eigenvalue weighted by atomic mass is 16.6. The number of carboxylic acid groups (broad SMARTS) is 2. The number of rotatable bonds is 10. The molecule has 6 unspecified atom stereocenters. The lowest BCUT2D eigenvalue weighted by molar-refractivity contribution is -0.144. The van der Waals surface area contributed by atoms with Crippen LogP contribution in [0.25, 0.3) is 0 Å². The van der Waals surface area contributed by atoms with E-state index in [2.05, 4.69) is 10.3 Å². The van der Waals surface area contributed by atoms with Crippen molar-refractivity contribution < 1.29 is 49.4 Å². The van der Waals surface area contributed by atoms with E-state index in [0.717, 1.165) is 16.8 Å². The molecule has 33 heavy (non-hydrogen) atoms. The van der Waals surface area contributed by atoms with Crippen molar-refractivity contribution in [2.75, 3.05) is 11.9 Å². The Morgan fingerprint density at radius 2 is 1.85 bits per heavy atom. The number of aliphatic hydroxyl groups excluding tert-OH is 3. The molecular weight excluding hydrogens is 450 g/mol. The number of hydrogen-bond donors (Lipinski definition) is 8. The van der Waals surface area contributed by atoms with Gasteiger partial charge in [0.25, 0.3) is 0 Å². The van der Waals surface area contributed by atoms with Gasteiger partial charge in [-0.15, -0.1) is 0 Å². The van der Waals surface area contributed by atoms with Gasteiger partial charge in [-0.1, -0.05) is 0 Å². The van der Waals surface area contributed by atoms with Crippen molar-refractivity contribution in [3.8, 4) is 0 Å². The number of aromatic nitrogens is 2. The average molecular weight is 473 g/mol. The van der Waals surface area contributed by atoms with Crippen LogP contribution in [0.2, 0.25) is 0 Å². The van der Waals surface area contributed by atoms with Crippen LogP contribution in [0.5, 0.6) is 0 Å². The highest BCUT2D eigenvalue weighted by Gasteiger charge is 2.43. The number of carbonyl (C=O) groups excluding carboxylic acids is 2. The summed E-state index contributed by atoms with van der Waals surface area (Å²) in [5.41, 5.74) is 4.35. The molecule has 2 amide bonds. The average Bonchev–Trinajstić information content (AvgIpc) is 3.01. The summed E-state index contributed by atoms with van der Waals surface area (Å²) in [4.78, 5) is 61.7. The van der Waals surface area contributed by atoms with Crippen LogP contribution < -0.4 is 22.1 Å². The van der Waals surface area contributed by atoms with E-state index in [1.54, 1.807) is 0 Å². The number of amides is 2. The number of aliphatic carboxylic acids is 2. The van der Waals surface area contributed by atoms with E-state index in [9.17, 15) is 39.3 Å². The normalized spacial score (nSPS) is 24.0. The fourth-order valence-corrected chi connectivity index (χ4v) is 2.92. The number of nitrogens with two attached hydrogens (primary N) is 1. The maximum Gasteiger partial charge on any atom is 0.351 e. The van der Waals surface area contributed by atoms with E-state index in [4.69, 9.17) is 20.7 Å². The molecule has 0 aliphatic carbocycles. The van der Waals surface area contributed by atoms with Crippen molar-refractivity contribution in [1.29, 1.82) is 0 Å². The Morgan fingerprint density at radius 3 is 2.36 bits per heavy atom. The summed E-state index contributed by atoms with van der Waals surface area (Å²) < 4.78 is 6.04. The Bertz CT molecular complexity index is 967. The van der Waals surface area contributed by atoms with Crippen molar-refractivity contribution in [1.82, 2.24) is 14.9 Å². The van der Waals surface area contributed by atoms with E-state index in [0.29, 0.717) is 0 Å². The first-order valence-corrected chi connectivity index (χ1v) is 9.46. The molecule has 2 rings (SSSR count). The molecule has 1 aliphatic rings. The zero-order valence-electron chi connectivity index (χ0n) is 16.9. The third kappa shape index (κ3) is 6.53. The topological polar surface area (TPSA) is 264 Å². The number of ether oxygens (including phenoxy) is 1. The van der Waals surface area contributed by atoms with Gasteiger partial charge in [0.2, 0.25) is 11.8 Å². The van der Waals surface area contributed by atoms with Crippen molar-refractivity contribution in [2.45, 2.75) is 49.5 Å². The van der Waals surface area contributed by atoms with Crippen LogP contribution in [-0.4, -0.2) is 95.8 Å². The third-order valence-corrected chi connectivity index (χ3v) is 4.62. The molecule has 0 spiro atoms. The lowest BCUT2D eigenvalue weighted by Crippen LogP contribution is -2.50. The van der Waals surface area contributed by atoms with Gasteiger partial charge in [-0.3, -0.25) is 19.0 Å². The zero-order chi connectivity index (χ0) is 24.9. The van der Waals surface area contributed by atoms with E-state index >= 15 is 0 Å². The minimum Gasteiger partial charge on any atom is -0.481 e. The number of carbonyl (C=O) groups is 4. The molecule has 182 valence electrons. The number of nitrogens with one attached hydrogen (secondary N) is 2. The van der Waals surface area contributed by atoms with Crippen molar-refractivity contribution in [3.63, 3.8) is 0 Å². The summed E-state index contributed by atoms with van der Waals surface area (Å²) in [5, 5.41) is 50.8. The number of anilines is 1. The maximum absolute atomic E-state index is 12.2. The van der Waals surface area contributed by atoms with Crippen LogP contribution >= 0.6 is 0 Å². The summed E-state index contributed by atoms with van der Waals surface area (Å²) in [7, 11) is 0. The van der Waals surface area contributed by atoms with Gasteiger partial charge >= 0.3 is 17.6 Å². The predicted molar refractivity (Wildman–Crippen MR) is 105 cm³/mol. The minimum atomic E-state index is -1.74. The summed E-state index contributed by atoms with van der Waals surface area (Å²) in [6, 6.07) is -2.14. The van der Waals surface area contributed by atoms with Crippen LogP contribution in [-0.2, 0) is 23.9 Å². The van der Waals surface area contributed by atoms with Gasteiger partial charge in [-0.25, -0.2) is 9.59 Å². The molecule has 1 fully saturated rings. The number of hydrogen-bond acceptors (Lipinski definition) is 11. The molecule has 0 radical (unpaired) electrons. The number of carboxylic acids is 2. The Hall–Kier alpha value is -3.44. The molecule has 6 atom stereocenters. The second-order valence-corrected chi connectivity index (χ2v) is 7.09. The summed E-state index contributed by atoms with van der Waals surface area (Å²) >= 11 is 0. The molecule has 0 bridgehead atoms. The van der Waals surface area contributed by atoms with Gasteiger partial charge in [0.05, 0.1) is 25.5 Å². The Kier molecular flexibility index (Phi) is 8.55. The SMILES string of the molecule is NC(CC(=O)O)C(=O)NC(CC(=O)Nc1ccn(C2OC(CO)C(O)C2O)c(=O)n1)C(=O)O. The second kappa shape index (κ2) is 10.9. The Labute approximate surface area is 184 Å². The standard InChI is InChI=1S/C17H23N5O11/c18-6(3-11(25)26)14(29)19-7(16(30)31)4-10(24)20-9-1-2-22(17(32)21-9)15-13(28)12(27)8(5-23)33-15/h1-2,6-8,12-13,15,23,27-28H,3-5,18H2,(H,19,29)(H,25,26)(H,30,31)(H,20,21,24,32). The van der Waals surface area contributed by atoms with E-state index in [1.807, 2.05) is 5.32 Å². The van der Waals surface area contributed by atoms with Gasteiger partial charge in [0.15, 0.2) is 6.23 Å².